The van der Waals surface area contributed by atoms with Crippen molar-refractivity contribution in [1.29, 1.82) is 0 Å². The molecule has 12 nitrogen and oxygen atoms in total. The lowest BCUT2D eigenvalue weighted by Crippen LogP contribution is -2.58. The first kappa shape index (κ1) is 35.3. The van der Waals surface area contributed by atoms with Crippen molar-refractivity contribution in [3.63, 3.8) is 0 Å². The molecular formula is C35H46ClN5O7. The van der Waals surface area contributed by atoms with E-state index in [1.807, 2.05) is 13.0 Å². The highest BCUT2D eigenvalue weighted by Crippen LogP contribution is 2.45. The van der Waals surface area contributed by atoms with Crippen molar-refractivity contribution in [1.82, 2.24) is 20.5 Å². The predicted molar refractivity (Wildman–Crippen MR) is 180 cm³/mol. The first-order valence-electron chi connectivity index (χ1n) is 16.5. The summed E-state index contributed by atoms with van der Waals surface area (Å²) >= 11 is 6.51. The van der Waals surface area contributed by atoms with Crippen LogP contribution in [-0.4, -0.2) is 76.7 Å². The van der Waals surface area contributed by atoms with Crippen LogP contribution in [0.15, 0.2) is 36.5 Å². The standard InChI is InChI=1S/C35H46ClN5O7/c1-19-9-7-10-20(2)28(39-33(45)48-34(3,4)5)31(43)41-18-22(15-25(41)29(42)40-35(32(37)44)16-21(35)14-13-19)47-30-23-11-8-12-24(36)27(23)26(46-6)17-38-30/h8,11-14,17,19-22,25,28H,7,9-10,15-16,18H2,1-6H3,(H2,37,44)(H,39,45)(H,40,42)/b14-13-/t19-,20-,21-,22-,25+,28+,35-/m1/s1. The van der Waals surface area contributed by atoms with Gasteiger partial charge in [0.2, 0.25) is 23.6 Å². The fourth-order valence-electron chi connectivity index (χ4n) is 6.71. The molecular weight excluding hydrogens is 638 g/mol. The molecule has 1 saturated heterocycles. The first-order valence-corrected chi connectivity index (χ1v) is 16.9. The van der Waals surface area contributed by atoms with Crippen molar-refractivity contribution < 1.29 is 33.4 Å². The Hall–Kier alpha value is -4.06. The van der Waals surface area contributed by atoms with Gasteiger partial charge in [0.15, 0.2) is 0 Å². The number of halogens is 1. The number of hydrogen-bond acceptors (Lipinski definition) is 8. The second kappa shape index (κ2) is 13.8. The minimum Gasteiger partial charge on any atom is -0.494 e. The van der Waals surface area contributed by atoms with Crippen LogP contribution in [0.3, 0.4) is 0 Å². The summed E-state index contributed by atoms with van der Waals surface area (Å²) in [6.45, 7) is 9.25. The zero-order chi connectivity index (χ0) is 35.0. The van der Waals surface area contributed by atoms with Gasteiger partial charge in [-0.1, -0.05) is 50.1 Å². The number of ether oxygens (including phenoxy) is 3. The zero-order valence-corrected chi connectivity index (χ0v) is 29.1. The minimum absolute atomic E-state index is 0.0237. The number of nitrogens with zero attached hydrogens (tertiary/aromatic N) is 2. The van der Waals surface area contributed by atoms with Gasteiger partial charge >= 0.3 is 6.09 Å². The van der Waals surface area contributed by atoms with Crippen molar-refractivity contribution in [2.75, 3.05) is 13.7 Å². The fraction of sp³-hybridized carbons (Fsp3) is 0.571. The molecule has 13 heteroatoms. The van der Waals surface area contributed by atoms with E-state index in [0.717, 1.165) is 12.8 Å². The number of nitrogens with two attached hydrogens (primary N) is 1. The molecule has 3 aliphatic rings. The minimum atomic E-state index is -1.24. The Morgan fingerprint density at radius 3 is 2.60 bits per heavy atom. The molecule has 1 aliphatic carbocycles. The van der Waals surface area contributed by atoms with E-state index in [0.29, 0.717) is 34.4 Å². The van der Waals surface area contributed by atoms with Crippen molar-refractivity contribution in [3.8, 4) is 11.6 Å². The van der Waals surface area contributed by atoms with E-state index in [4.69, 9.17) is 31.5 Å². The summed E-state index contributed by atoms with van der Waals surface area (Å²) < 4.78 is 17.4. The molecule has 4 N–H and O–H groups in total. The van der Waals surface area contributed by atoms with E-state index in [9.17, 15) is 19.2 Å². The SMILES string of the molecule is COc1cnc(O[C@@H]2C[C@H]3C(=O)N[C@]4(C(N)=O)C[C@H]4/C=C\[C@H](C)CCC[C@@H](C)[C@H](NC(=O)OC(C)(C)C)C(=O)N3C2)c2cccc(Cl)c12. The highest BCUT2D eigenvalue weighted by atomic mass is 35.5. The largest absolute Gasteiger partial charge is 0.494 e. The number of pyridine rings is 1. The summed E-state index contributed by atoms with van der Waals surface area (Å²) in [5, 5.41) is 7.38. The number of primary amides is 1. The van der Waals surface area contributed by atoms with Gasteiger partial charge in [-0.05, 0) is 64.0 Å². The number of rotatable bonds is 5. The Balaban J connectivity index is 1.50. The van der Waals surface area contributed by atoms with Crippen LogP contribution in [-0.2, 0) is 19.1 Å². The van der Waals surface area contributed by atoms with Crippen LogP contribution in [0.1, 0.15) is 66.7 Å². The lowest BCUT2D eigenvalue weighted by molar-refractivity contribution is -0.142. The third kappa shape index (κ3) is 7.48. The molecule has 260 valence electrons. The molecule has 7 atom stereocenters. The van der Waals surface area contributed by atoms with Crippen LogP contribution in [0, 0.1) is 17.8 Å². The van der Waals surface area contributed by atoms with E-state index in [-0.39, 0.29) is 36.6 Å². The molecule has 1 aromatic heterocycles. The molecule has 0 radical (unpaired) electrons. The van der Waals surface area contributed by atoms with Gasteiger partial charge in [-0.2, -0.15) is 0 Å². The first-order chi connectivity index (χ1) is 22.6. The van der Waals surface area contributed by atoms with E-state index in [1.165, 1.54) is 18.2 Å². The van der Waals surface area contributed by atoms with Crippen LogP contribution in [0.2, 0.25) is 5.02 Å². The molecule has 2 aromatic rings. The Morgan fingerprint density at radius 2 is 1.92 bits per heavy atom. The Labute approximate surface area is 286 Å². The van der Waals surface area contributed by atoms with E-state index < -0.39 is 53.1 Å². The normalized spacial score (nSPS) is 30.2. The van der Waals surface area contributed by atoms with E-state index in [1.54, 1.807) is 39.0 Å². The molecule has 0 bridgehead atoms. The summed E-state index contributed by atoms with van der Waals surface area (Å²) in [5.74, 6) is -1.19. The number of methoxy groups -OCH3 is 1. The van der Waals surface area contributed by atoms with Gasteiger partial charge < -0.3 is 35.5 Å². The maximum absolute atomic E-state index is 14.5. The number of carbonyl (C=O) groups is 4. The Morgan fingerprint density at radius 1 is 1.17 bits per heavy atom. The second-order valence-corrected chi connectivity index (χ2v) is 14.7. The Kier molecular flexibility index (Phi) is 10.1. The van der Waals surface area contributed by atoms with Crippen LogP contribution in [0.25, 0.3) is 10.8 Å². The maximum Gasteiger partial charge on any atom is 0.408 e. The van der Waals surface area contributed by atoms with Gasteiger partial charge in [0, 0.05) is 23.1 Å². The fourth-order valence-corrected chi connectivity index (χ4v) is 6.97. The number of alkyl carbamates (subject to hydrolysis) is 1. The van der Waals surface area contributed by atoms with Crippen LogP contribution < -0.4 is 25.8 Å². The number of hydrogen-bond donors (Lipinski definition) is 3. The molecule has 3 heterocycles. The number of fused-ring (bicyclic) bond motifs is 3. The smallest absolute Gasteiger partial charge is 0.408 e. The number of aromatic nitrogens is 1. The third-order valence-corrected chi connectivity index (χ3v) is 9.75. The zero-order valence-electron chi connectivity index (χ0n) is 28.4. The van der Waals surface area contributed by atoms with Gasteiger partial charge in [-0.15, -0.1) is 0 Å². The molecule has 2 fully saturated rings. The number of amides is 4. The highest BCUT2D eigenvalue weighted by Gasteiger charge is 2.60. The van der Waals surface area contributed by atoms with Gasteiger partial charge in [-0.25, -0.2) is 9.78 Å². The number of allylic oxidation sites excluding steroid dienone is 1. The van der Waals surface area contributed by atoms with Crippen LogP contribution >= 0.6 is 11.6 Å². The van der Waals surface area contributed by atoms with Crippen molar-refractivity contribution in [3.05, 3.63) is 41.6 Å². The quantitative estimate of drug-likeness (QED) is 0.388. The Bertz CT molecular complexity index is 1610. The summed E-state index contributed by atoms with van der Waals surface area (Å²) in [6, 6.07) is 3.31. The van der Waals surface area contributed by atoms with Gasteiger partial charge in [0.05, 0.1) is 24.9 Å². The monoisotopic (exact) mass is 683 g/mol. The van der Waals surface area contributed by atoms with Crippen molar-refractivity contribution in [2.45, 2.75) is 96.1 Å². The molecule has 2 aliphatic heterocycles. The molecule has 48 heavy (non-hydrogen) atoms. The predicted octanol–water partition coefficient (Wildman–Crippen LogP) is 4.51. The summed E-state index contributed by atoms with van der Waals surface area (Å²) in [5.41, 5.74) is 3.82. The van der Waals surface area contributed by atoms with E-state index in [2.05, 4.69) is 28.6 Å². The molecule has 1 aromatic carbocycles. The van der Waals surface area contributed by atoms with Crippen LogP contribution in [0.5, 0.6) is 11.6 Å². The average Bonchev–Trinajstić information content (AvgIpc) is 3.55. The summed E-state index contributed by atoms with van der Waals surface area (Å²) in [7, 11) is 1.52. The van der Waals surface area contributed by atoms with Gasteiger partial charge in [0.25, 0.3) is 0 Å². The number of carbonyl (C=O) groups excluding carboxylic acids is 4. The molecule has 0 unspecified atom stereocenters. The number of benzene rings is 1. The molecule has 0 spiro atoms. The topological polar surface area (TPSA) is 162 Å². The molecule has 1 saturated carbocycles. The molecule has 5 rings (SSSR count). The number of nitrogens with one attached hydrogen (secondary N) is 2. The van der Waals surface area contributed by atoms with Gasteiger partial charge in [0.1, 0.15) is 35.1 Å². The highest BCUT2D eigenvalue weighted by molar-refractivity contribution is 6.36. The van der Waals surface area contributed by atoms with Crippen molar-refractivity contribution in [2.24, 2.45) is 23.5 Å². The molecule has 4 amide bonds. The van der Waals surface area contributed by atoms with E-state index >= 15 is 0 Å². The lowest BCUT2D eigenvalue weighted by atomic mass is 9.92. The van der Waals surface area contributed by atoms with Crippen molar-refractivity contribution >= 4 is 46.2 Å². The van der Waals surface area contributed by atoms with Crippen LogP contribution in [0.4, 0.5) is 4.79 Å². The average molecular weight is 684 g/mol. The second-order valence-electron chi connectivity index (χ2n) is 14.3. The summed E-state index contributed by atoms with van der Waals surface area (Å²) in [4.78, 5) is 60.2. The van der Waals surface area contributed by atoms with Gasteiger partial charge in [-0.3, -0.25) is 14.4 Å². The third-order valence-electron chi connectivity index (χ3n) is 9.44. The summed E-state index contributed by atoms with van der Waals surface area (Å²) in [6.07, 6.45) is 6.89. The lowest BCUT2D eigenvalue weighted by Gasteiger charge is -2.32. The maximum atomic E-state index is 14.5.